The van der Waals surface area contributed by atoms with Gasteiger partial charge in [-0.15, -0.1) is 5.10 Å². The molecule has 3 rings (SSSR count). The number of carbonyl (C=O) groups is 1. The van der Waals surface area contributed by atoms with Crippen molar-refractivity contribution in [2.45, 2.75) is 13.5 Å². The number of nitrogens with one attached hydrogen (secondary N) is 1. The van der Waals surface area contributed by atoms with E-state index in [9.17, 15) is 9.59 Å². The van der Waals surface area contributed by atoms with Gasteiger partial charge in [-0.25, -0.2) is 14.3 Å². The molecule has 0 aliphatic rings. The Hall–Kier alpha value is -3.16. The molecule has 8 nitrogen and oxygen atoms in total. The molecule has 0 atom stereocenters. The van der Waals surface area contributed by atoms with E-state index < -0.39 is 11.7 Å². The summed E-state index contributed by atoms with van der Waals surface area (Å²) in [6.07, 6.45) is 0.475. The normalized spacial score (nSPS) is 10.8. The zero-order chi connectivity index (χ0) is 15.7. The summed E-state index contributed by atoms with van der Waals surface area (Å²) in [6, 6.07) is 6.78. The summed E-state index contributed by atoms with van der Waals surface area (Å²) in [7, 11) is 0. The Bertz CT molecular complexity index is 913. The Kier molecular flexibility index (Phi) is 3.34. The fourth-order valence-corrected chi connectivity index (χ4v) is 2.13. The number of aromatic nitrogens is 3. The summed E-state index contributed by atoms with van der Waals surface area (Å²) in [6.45, 7) is 1.90. The van der Waals surface area contributed by atoms with E-state index in [-0.39, 0.29) is 6.54 Å². The predicted octanol–water partition coefficient (Wildman–Crippen LogP) is 1.45. The van der Waals surface area contributed by atoms with Gasteiger partial charge >= 0.3 is 11.7 Å². The molecule has 0 bridgehead atoms. The van der Waals surface area contributed by atoms with Crippen LogP contribution in [-0.4, -0.2) is 26.2 Å². The second-order valence-corrected chi connectivity index (χ2v) is 4.74. The van der Waals surface area contributed by atoms with Crippen LogP contribution in [0.4, 0.5) is 4.79 Å². The van der Waals surface area contributed by atoms with Gasteiger partial charge in [0, 0.05) is 17.5 Å². The van der Waals surface area contributed by atoms with Gasteiger partial charge in [-0.3, -0.25) is 0 Å². The molecule has 0 radical (unpaired) electrons. The lowest BCUT2D eigenvalue weighted by Crippen LogP contribution is -2.20. The van der Waals surface area contributed by atoms with E-state index in [0.29, 0.717) is 17.0 Å². The number of carboxylic acid groups (broad SMARTS) is 1. The lowest BCUT2D eigenvalue weighted by molar-refractivity contribution is 0.194. The lowest BCUT2D eigenvalue weighted by Gasteiger charge is -2.03. The number of aryl methyl sites for hydroxylation is 1. The monoisotopic (exact) mass is 300 g/mol. The molecule has 0 aliphatic carbocycles. The molecule has 0 aliphatic heterocycles. The van der Waals surface area contributed by atoms with Crippen LogP contribution in [0, 0.1) is 6.92 Å². The molecule has 8 heteroatoms. The molecule has 22 heavy (non-hydrogen) atoms. The summed E-state index contributed by atoms with van der Waals surface area (Å²) in [5, 5.41) is 19.4. The van der Waals surface area contributed by atoms with E-state index >= 15 is 0 Å². The van der Waals surface area contributed by atoms with Gasteiger partial charge in [-0.2, -0.15) is 0 Å². The molecular weight excluding hydrogens is 288 g/mol. The van der Waals surface area contributed by atoms with Crippen LogP contribution in [0.15, 0.2) is 39.7 Å². The number of nitrogens with zero attached hydrogens (tertiary/aromatic N) is 3. The van der Waals surface area contributed by atoms with Crippen LogP contribution in [0.1, 0.15) is 11.3 Å². The Morgan fingerprint density at radius 1 is 1.41 bits per heavy atom. The first kappa shape index (κ1) is 13.8. The highest BCUT2D eigenvalue weighted by molar-refractivity contribution is 5.81. The molecule has 1 amide bonds. The van der Waals surface area contributed by atoms with Crippen LogP contribution >= 0.6 is 0 Å². The van der Waals surface area contributed by atoms with Crippen LogP contribution in [0.3, 0.4) is 0 Å². The quantitative estimate of drug-likeness (QED) is 0.708. The van der Waals surface area contributed by atoms with Crippen molar-refractivity contribution < 1.29 is 14.3 Å². The third-order valence-electron chi connectivity index (χ3n) is 3.16. The molecule has 1 aromatic carbocycles. The van der Waals surface area contributed by atoms with Gasteiger partial charge in [-0.1, -0.05) is 5.21 Å². The maximum atomic E-state index is 11.4. The molecule has 0 spiro atoms. The Morgan fingerprint density at radius 3 is 3.00 bits per heavy atom. The molecule has 0 unspecified atom stereocenters. The van der Waals surface area contributed by atoms with E-state index in [2.05, 4.69) is 15.6 Å². The number of fused-ring (bicyclic) bond motifs is 1. The topological polar surface area (TPSA) is 110 Å². The van der Waals surface area contributed by atoms with Crippen molar-refractivity contribution in [3.05, 3.63) is 52.1 Å². The smallest absolute Gasteiger partial charge is 0.404 e. The highest BCUT2D eigenvalue weighted by Crippen LogP contribution is 2.19. The van der Waals surface area contributed by atoms with Gasteiger partial charge in [0.1, 0.15) is 11.3 Å². The summed E-state index contributed by atoms with van der Waals surface area (Å²) in [5.41, 5.74) is 2.03. The number of rotatable bonds is 3. The van der Waals surface area contributed by atoms with Crippen molar-refractivity contribution in [3.8, 4) is 5.69 Å². The zero-order valence-electron chi connectivity index (χ0n) is 11.6. The van der Waals surface area contributed by atoms with Gasteiger partial charge in [0.05, 0.1) is 18.4 Å². The van der Waals surface area contributed by atoms with Crippen molar-refractivity contribution in [3.63, 3.8) is 0 Å². The van der Waals surface area contributed by atoms with E-state index in [1.165, 1.54) is 10.7 Å². The summed E-state index contributed by atoms with van der Waals surface area (Å²) in [5.74, 6) is 0. The van der Waals surface area contributed by atoms with Crippen LogP contribution < -0.4 is 10.9 Å². The van der Waals surface area contributed by atoms with E-state index in [4.69, 9.17) is 9.52 Å². The number of amides is 1. The fourth-order valence-electron chi connectivity index (χ4n) is 2.13. The van der Waals surface area contributed by atoms with Gasteiger partial charge in [0.15, 0.2) is 0 Å². The fraction of sp³-hybridized carbons (Fsp3) is 0.143. The van der Waals surface area contributed by atoms with E-state index in [1.807, 2.05) is 19.1 Å². The second-order valence-electron chi connectivity index (χ2n) is 4.74. The average molecular weight is 300 g/mol. The zero-order valence-corrected chi connectivity index (χ0v) is 11.6. The minimum absolute atomic E-state index is 0.0666. The minimum Gasteiger partial charge on any atom is -0.465 e. The number of benzene rings is 1. The van der Waals surface area contributed by atoms with Crippen molar-refractivity contribution in [2.75, 3.05) is 0 Å². The molecule has 0 saturated heterocycles. The SMILES string of the molecule is Cc1cc(=O)oc2cc(-n3cc(CNC(=O)O)nn3)ccc12. The second kappa shape index (κ2) is 5.32. The molecular formula is C14H12N4O4. The largest absolute Gasteiger partial charge is 0.465 e. The van der Waals surface area contributed by atoms with Crippen LogP contribution in [-0.2, 0) is 6.54 Å². The van der Waals surface area contributed by atoms with Gasteiger partial charge < -0.3 is 14.8 Å². The summed E-state index contributed by atoms with van der Waals surface area (Å²) >= 11 is 0. The summed E-state index contributed by atoms with van der Waals surface area (Å²) < 4.78 is 6.67. The highest BCUT2D eigenvalue weighted by atomic mass is 16.4. The maximum absolute atomic E-state index is 11.4. The van der Waals surface area contributed by atoms with Gasteiger partial charge in [0.2, 0.25) is 0 Å². The number of hydrogen-bond donors (Lipinski definition) is 2. The summed E-state index contributed by atoms with van der Waals surface area (Å²) in [4.78, 5) is 21.9. The molecule has 0 fully saturated rings. The standard InChI is InChI=1S/C14H12N4O4/c1-8-4-13(19)22-12-5-10(2-3-11(8)12)18-7-9(16-17-18)6-15-14(20)21/h2-5,7,15H,6H2,1H3,(H,20,21). The van der Waals surface area contributed by atoms with Crippen molar-refractivity contribution in [2.24, 2.45) is 0 Å². The van der Waals surface area contributed by atoms with E-state index in [0.717, 1.165) is 10.9 Å². The van der Waals surface area contributed by atoms with E-state index in [1.54, 1.807) is 12.3 Å². The first-order chi connectivity index (χ1) is 10.5. The Labute approximate surface area is 124 Å². The first-order valence-corrected chi connectivity index (χ1v) is 6.46. The highest BCUT2D eigenvalue weighted by Gasteiger charge is 2.07. The molecule has 2 N–H and O–H groups in total. The van der Waals surface area contributed by atoms with Gasteiger partial charge in [-0.05, 0) is 24.6 Å². The van der Waals surface area contributed by atoms with Crippen molar-refractivity contribution >= 4 is 17.1 Å². The van der Waals surface area contributed by atoms with Crippen molar-refractivity contribution in [1.82, 2.24) is 20.3 Å². The van der Waals surface area contributed by atoms with Crippen LogP contribution in [0.25, 0.3) is 16.7 Å². The first-order valence-electron chi connectivity index (χ1n) is 6.46. The third-order valence-corrected chi connectivity index (χ3v) is 3.16. The Balaban J connectivity index is 1.96. The molecule has 2 aromatic heterocycles. The maximum Gasteiger partial charge on any atom is 0.404 e. The predicted molar refractivity (Wildman–Crippen MR) is 77.0 cm³/mol. The minimum atomic E-state index is -1.13. The number of hydrogen-bond acceptors (Lipinski definition) is 5. The van der Waals surface area contributed by atoms with Crippen LogP contribution in [0.2, 0.25) is 0 Å². The molecule has 112 valence electrons. The van der Waals surface area contributed by atoms with Crippen molar-refractivity contribution in [1.29, 1.82) is 0 Å². The average Bonchev–Trinajstić information content (AvgIpc) is 2.93. The molecule has 3 aromatic rings. The van der Waals surface area contributed by atoms with Crippen LogP contribution in [0.5, 0.6) is 0 Å². The molecule has 0 saturated carbocycles. The van der Waals surface area contributed by atoms with Gasteiger partial charge in [0.25, 0.3) is 0 Å². The molecule has 2 heterocycles. The Morgan fingerprint density at radius 2 is 2.23 bits per heavy atom. The third kappa shape index (κ3) is 2.66. The lowest BCUT2D eigenvalue weighted by atomic mass is 10.1.